The van der Waals surface area contributed by atoms with Crippen LogP contribution < -0.4 is 0 Å². The van der Waals surface area contributed by atoms with E-state index in [0.29, 0.717) is 0 Å². The van der Waals surface area contributed by atoms with E-state index in [9.17, 15) is 0 Å². The molecule has 0 amide bonds. The van der Waals surface area contributed by atoms with Crippen LogP contribution >= 0.6 is 11.6 Å². The van der Waals surface area contributed by atoms with Crippen LogP contribution in [0.4, 0.5) is 0 Å². The second kappa shape index (κ2) is 7.14. The van der Waals surface area contributed by atoms with Crippen molar-refractivity contribution >= 4 is 11.6 Å². The predicted octanol–water partition coefficient (Wildman–Crippen LogP) is 3.75. The number of allylic oxidation sites excluding steroid dienone is 1. The lowest BCUT2D eigenvalue weighted by Gasteiger charge is -2.01. The molecular weight excluding hydrogens is 144 g/mol. The van der Waals surface area contributed by atoms with Gasteiger partial charge in [-0.1, -0.05) is 25.5 Å². The number of alkyl halides is 1. The first-order chi connectivity index (χ1) is 4.81. The van der Waals surface area contributed by atoms with E-state index >= 15 is 0 Å². The zero-order chi connectivity index (χ0) is 7.82. The lowest BCUT2D eigenvalue weighted by atomic mass is 10.1. The molecule has 0 aliphatic rings. The summed E-state index contributed by atoms with van der Waals surface area (Å²) in [5.74, 6) is 0.769. The van der Waals surface area contributed by atoms with Gasteiger partial charge in [-0.05, 0) is 25.7 Å². The van der Waals surface area contributed by atoms with E-state index in [-0.39, 0.29) is 0 Å². The van der Waals surface area contributed by atoms with Crippen LogP contribution in [-0.4, -0.2) is 5.88 Å². The molecule has 0 aromatic heterocycles. The van der Waals surface area contributed by atoms with Crippen molar-refractivity contribution in [2.75, 3.05) is 5.88 Å². The van der Waals surface area contributed by atoms with Crippen LogP contribution in [0.5, 0.6) is 0 Å². The fraction of sp³-hybridized carbons (Fsp3) is 0.778. The fourth-order valence-corrected chi connectivity index (χ4v) is 1.00. The molecule has 0 bridgehead atoms. The second-order valence-corrected chi connectivity index (χ2v) is 3.02. The van der Waals surface area contributed by atoms with E-state index in [4.69, 9.17) is 11.6 Å². The van der Waals surface area contributed by atoms with Crippen molar-refractivity contribution in [1.29, 1.82) is 0 Å². The molecular formula is C9H17Cl. The van der Waals surface area contributed by atoms with Gasteiger partial charge in [-0.2, -0.15) is 0 Å². The van der Waals surface area contributed by atoms with Crippen molar-refractivity contribution < 1.29 is 0 Å². The standard InChI is InChI=1S/C9H17Cl/c1-3-4-6-9(2)7-5-8-10/h2-8H2,1H3. The zero-order valence-electron chi connectivity index (χ0n) is 6.83. The quantitative estimate of drug-likeness (QED) is 0.410. The van der Waals surface area contributed by atoms with Gasteiger partial charge in [0.1, 0.15) is 0 Å². The lowest BCUT2D eigenvalue weighted by molar-refractivity contribution is 0.747. The van der Waals surface area contributed by atoms with Crippen LogP contribution in [0.25, 0.3) is 0 Å². The molecule has 0 radical (unpaired) electrons. The van der Waals surface area contributed by atoms with Gasteiger partial charge < -0.3 is 0 Å². The maximum atomic E-state index is 5.54. The summed E-state index contributed by atoms with van der Waals surface area (Å²) in [4.78, 5) is 0. The fourth-order valence-electron chi connectivity index (χ4n) is 0.869. The molecule has 0 aromatic rings. The topological polar surface area (TPSA) is 0 Å². The Labute approximate surface area is 69.3 Å². The Morgan fingerprint density at radius 1 is 1.30 bits per heavy atom. The highest BCUT2D eigenvalue weighted by Gasteiger charge is 1.92. The second-order valence-electron chi connectivity index (χ2n) is 2.65. The van der Waals surface area contributed by atoms with Gasteiger partial charge in [-0.3, -0.25) is 0 Å². The molecule has 0 aromatic carbocycles. The van der Waals surface area contributed by atoms with Gasteiger partial charge in [0.15, 0.2) is 0 Å². The molecule has 0 aliphatic heterocycles. The molecule has 60 valence electrons. The molecule has 10 heavy (non-hydrogen) atoms. The molecule has 0 atom stereocenters. The minimum absolute atomic E-state index is 0.769. The van der Waals surface area contributed by atoms with Crippen LogP contribution in [0.15, 0.2) is 12.2 Å². The number of halogens is 1. The summed E-state index contributed by atoms with van der Waals surface area (Å²) in [6.07, 6.45) is 5.93. The monoisotopic (exact) mass is 160 g/mol. The van der Waals surface area contributed by atoms with Gasteiger partial charge in [-0.25, -0.2) is 0 Å². The minimum atomic E-state index is 0.769. The van der Waals surface area contributed by atoms with E-state index in [1.807, 2.05) is 0 Å². The van der Waals surface area contributed by atoms with Crippen molar-refractivity contribution in [1.82, 2.24) is 0 Å². The summed E-state index contributed by atoms with van der Waals surface area (Å²) in [5.41, 5.74) is 1.36. The SMILES string of the molecule is C=C(CCCC)CCCCl. The van der Waals surface area contributed by atoms with E-state index in [1.54, 1.807) is 0 Å². The van der Waals surface area contributed by atoms with Crippen LogP contribution in [0.1, 0.15) is 39.0 Å². The smallest absolute Gasteiger partial charge is 0.0226 e. The normalized spacial score (nSPS) is 9.80. The molecule has 0 N–H and O–H groups in total. The Morgan fingerprint density at radius 3 is 2.40 bits per heavy atom. The molecule has 0 saturated heterocycles. The van der Waals surface area contributed by atoms with Crippen molar-refractivity contribution in [3.8, 4) is 0 Å². The number of hydrogen-bond donors (Lipinski definition) is 0. The van der Waals surface area contributed by atoms with Gasteiger partial charge >= 0.3 is 0 Å². The van der Waals surface area contributed by atoms with Crippen molar-refractivity contribution in [2.45, 2.75) is 39.0 Å². The number of hydrogen-bond acceptors (Lipinski definition) is 0. The highest BCUT2D eigenvalue weighted by molar-refractivity contribution is 6.17. The van der Waals surface area contributed by atoms with Gasteiger partial charge in [0, 0.05) is 5.88 Å². The lowest BCUT2D eigenvalue weighted by Crippen LogP contribution is -1.83. The molecule has 0 heterocycles. The maximum Gasteiger partial charge on any atom is 0.0226 e. The summed E-state index contributed by atoms with van der Waals surface area (Å²) in [5, 5.41) is 0. The Balaban J connectivity index is 3.09. The third-order valence-electron chi connectivity index (χ3n) is 1.55. The first kappa shape index (κ1) is 10.0. The largest absolute Gasteiger partial charge is 0.127 e. The molecule has 0 rings (SSSR count). The van der Waals surface area contributed by atoms with E-state index in [2.05, 4.69) is 13.5 Å². The first-order valence-corrected chi connectivity index (χ1v) is 4.57. The van der Waals surface area contributed by atoms with Crippen LogP contribution in [0.2, 0.25) is 0 Å². The Bertz CT molecular complexity index is 76.7. The van der Waals surface area contributed by atoms with E-state index < -0.39 is 0 Å². The number of rotatable bonds is 6. The zero-order valence-corrected chi connectivity index (χ0v) is 7.58. The van der Waals surface area contributed by atoms with E-state index in [1.165, 1.54) is 24.8 Å². The Morgan fingerprint density at radius 2 is 1.90 bits per heavy atom. The van der Waals surface area contributed by atoms with Crippen molar-refractivity contribution in [3.05, 3.63) is 12.2 Å². The maximum absolute atomic E-state index is 5.54. The summed E-state index contributed by atoms with van der Waals surface area (Å²) >= 11 is 5.54. The molecule has 0 spiro atoms. The summed E-state index contributed by atoms with van der Waals surface area (Å²) in [6, 6.07) is 0. The van der Waals surface area contributed by atoms with Gasteiger partial charge in [0.05, 0.1) is 0 Å². The average molecular weight is 161 g/mol. The third-order valence-corrected chi connectivity index (χ3v) is 1.82. The predicted molar refractivity (Wildman–Crippen MR) is 48.6 cm³/mol. The summed E-state index contributed by atoms with van der Waals surface area (Å²) in [7, 11) is 0. The van der Waals surface area contributed by atoms with Crippen molar-refractivity contribution in [3.63, 3.8) is 0 Å². The van der Waals surface area contributed by atoms with Gasteiger partial charge in [0.25, 0.3) is 0 Å². The molecule has 0 aliphatic carbocycles. The molecule has 0 unspecified atom stereocenters. The van der Waals surface area contributed by atoms with Gasteiger partial charge in [-0.15, -0.1) is 11.6 Å². The highest BCUT2D eigenvalue weighted by atomic mass is 35.5. The minimum Gasteiger partial charge on any atom is -0.127 e. The van der Waals surface area contributed by atoms with Crippen LogP contribution in [0, 0.1) is 0 Å². The summed E-state index contributed by atoms with van der Waals surface area (Å²) in [6.45, 7) is 6.17. The Kier molecular flexibility index (Phi) is 7.16. The van der Waals surface area contributed by atoms with Gasteiger partial charge in [0.2, 0.25) is 0 Å². The van der Waals surface area contributed by atoms with Crippen LogP contribution in [0.3, 0.4) is 0 Å². The molecule has 0 nitrogen and oxygen atoms in total. The highest BCUT2D eigenvalue weighted by Crippen LogP contribution is 2.11. The molecule has 0 fully saturated rings. The average Bonchev–Trinajstić information content (AvgIpc) is 1.97. The molecule has 1 heteroatoms. The molecule has 0 saturated carbocycles. The van der Waals surface area contributed by atoms with Crippen LogP contribution in [-0.2, 0) is 0 Å². The Hall–Kier alpha value is 0.0300. The summed E-state index contributed by atoms with van der Waals surface area (Å²) < 4.78 is 0. The third kappa shape index (κ3) is 6.15. The van der Waals surface area contributed by atoms with E-state index in [0.717, 1.165) is 18.7 Å². The first-order valence-electron chi connectivity index (χ1n) is 4.04. The number of unbranched alkanes of at least 4 members (excludes halogenated alkanes) is 1. The van der Waals surface area contributed by atoms with Crippen molar-refractivity contribution in [2.24, 2.45) is 0 Å².